The molecule has 0 aliphatic carbocycles. The maximum atomic E-state index is 12.0. The Kier molecular flexibility index (Phi) is 5.37. The van der Waals surface area contributed by atoms with Crippen LogP contribution in [-0.2, 0) is 16.8 Å². The molecule has 0 amide bonds. The average molecular weight is 290 g/mol. The summed E-state index contributed by atoms with van der Waals surface area (Å²) in [6.45, 7) is 7.36. The molecule has 2 N–H and O–H groups in total. The van der Waals surface area contributed by atoms with Crippen LogP contribution in [-0.4, -0.2) is 42.2 Å². The summed E-state index contributed by atoms with van der Waals surface area (Å²) in [7, 11) is 0. The highest BCUT2D eigenvalue weighted by molar-refractivity contribution is 5.80. The van der Waals surface area contributed by atoms with Gasteiger partial charge in [0, 0.05) is 19.6 Å². The van der Waals surface area contributed by atoms with Crippen molar-refractivity contribution in [2.24, 2.45) is 0 Å². The molecule has 1 aromatic rings. The zero-order chi connectivity index (χ0) is 15.3. The van der Waals surface area contributed by atoms with Gasteiger partial charge in [0.05, 0.1) is 0 Å². The second kappa shape index (κ2) is 7.05. The van der Waals surface area contributed by atoms with Gasteiger partial charge in [0.25, 0.3) is 0 Å². The summed E-state index contributed by atoms with van der Waals surface area (Å²) in [6, 6.07) is 8.10. The molecule has 1 unspecified atom stereocenters. The molecule has 0 aromatic heterocycles. The predicted molar refractivity (Wildman–Crippen MR) is 84.5 cm³/mol. The van der Waals surface area contributed by atoms with Crippen LogP contribution in [0.15, 0.2) is 24.3 Å². The zero-order valence-corrected chi connectivity index (χ0v) is 13.1. The lowest BCUT2D eigenvalue weighted by molar-refractivity contribution is -0.151. The number of aryl methyl sites for hydroxylation is 1. The number of carbonyl (C=O) groups is 1. The molecule has 1 heterocycles. The van der Waals surface area contributed by atoms with Crippen molar-refractivity contribution in [1.29, 1.82) is 0 Å². The van der Waals surface area contributed by atoms with E-state index in [0.717, 1.165) is 51.0 Å². The van der Waals surface area contributed by atoms with Crippen molar-refractivity contribution in [3.63, 3.8) is 0 Å². The smallest absolute Gasteiger partial charge is 0.328 e. The second-order valence-electron chi connectivity index (χ2n) is 5.91. The summed E-state index contributed by atoms with van der Waals surface area (Å²) in [5, 5.41) is 13.2. The van der Waals surface area contributed by atoms with E-state index in [9.17, 15) is 9.90 Å². The SMILES string of the molecule is CCCc1ccc(C(C)(C(=O)O)N2CCCNCC2)cc1. The highest BCUT2D eigenvalue weighted by Gasteiger charge is 2.41. The van der Waals surface area contributed by atoms with Gasteiger partial charge in [0.2, 0.25) is 0 Å². The summed E-state index contributed by atoms with van der Waals surface area (Å²) >= 11 is 0. The van der Waals surface area contributed by atoms with Crippen LogP contribution >= 0.6 is 0 Å². The van der Waals surface area contributed by atoms with Crippen molar-refractivity contribution < 1.29 is 9.90 Å². The van der Waals surface area contributed by atoms with Crippen LogP contribution in [0, 0.1) is 0 Å². The Morgan fingerprint density at radius 2 is 2.00 bits per heavy atom. The molecule has 1 atom stereocenters. The topological polar surface area (TPSA) is 52.6 Å². The molecule has 1 saturated heterocycles. The highest BCUT2D eigenvalue weighted by Crippen LogP contribution is 2.29. The van der Waals surface area contributed by atoms with Gasteiger partial charge in [-0.25, -0.2) is 4.79 Å². The number of hydrogen-bond donors (Lipinski definition) is 2. The molecule has 1 fully saturated rings. The molecule has 0 radical (unpaired) electrons. The fourth-order valence-corrected chi connectivity index (χ4v) is 3.02. The minimum absolute atomic E-state index is 0.763. The number of hydrogen-bond acceptors (Lipinski definition) is 3. The molecule has 4 heteroatoms. The molecule has 21 heavy (non-hydrogen) atoms. The van der Waals surface area contributed by atoms with Crippen molar-refractivity contribution >= 4 is 5.97 Å². The lowest BCUT2D eigenvalue weighted by atomic mass is 9.88. The summed E-state index contributed by atoms with van der Waals surface area (Å²) in [4.78, 5) is 14.1. The number of nitrogens with one attached hydrogen (secondary N) is 1. The molecule has 1 aliphatic heterocycles. The number of carboxylic acids is 1. The maximum absolute atomic E-state index is 12.0. The standard InChI is InChI=1S/C17H26N2O2/c1-3-5-14-6-8-15(9-7-14)17(2,16(20)21)19-12-4-10-18-11-13-19/h6-9,18H,3-5,10-13H2,1-2H3,(H,20,21). The molecule has 1 aromatic carbocycles. The van der Waals surface area contributed by atoms with Gasteiger partial charge in [0.1, 0.15) is 5.54 Å². The molecule has 0 bridgehead atoms. The van der Waals surface area contributed by atoms with Gasteiger partial charge < -0.3 is 10.4 Å². The van der Waals surface area contributed by atoms with Gasteiger partial charge in [-0.1, -0.05) is 37.6 Å². The van der Waals surface area contributed by atoms with Crippen LogP contribution < -0.4 is 5.32 Å². The van der Waals surface area contributed by atoms with Crippen LogP contribution in [0.3, 0.4) is 0 Å². The fourth-order valence-electron chi connectivity index (χ4n) is 3.02. The highest BCUT2D eigenvalue weighted by atomic mass is 16.4. The lowest BCUT2D eigenvalue weighted by Gasteiger charge is -2.37. The van der Waals surface area contributed by atoms with E-state index < -0.39 is 11.5 Å². The van der Waals surface area contributed by atoms with Crippen molar-refractivity contribution in [2.75, 3.05) is 26.2 Å². The first-order valence-corrected chi connectivity index (χ1v) is 7.87. The monoisotopic (exact) mass is 290 g/mol. The van der Waals surface area contributed by atoms with E-state index in [2.05, 4.69) is 29.3 Å². The van der Waals surface area contributed by atoms with Gasteiger partial charge in [-0.3, -0.25) is 4.90 Å². The zero-order valence-electron chi connectivity index (χ0n) is 13.1. The lowest BCUT2D eigenvalue weighted by Crippen LogP contribution is -2.51. The van der Waals surface area contributed by atoms with E-state index in [0.29, 0.717) is 0 Å². The Labute approximate surface area is 127 Å². The molecular weight excluding hydrogens is 264 g/mol. The molecule has 0 spiro atoms. The van der Waals surface area contributed by atoms with E-state index in [-0.39, 0.29) is 0 Å². The molecule has 0 saturated carbocycles. The minimum Gasteiger partial charge on any atom is -0.480 e. The normalized spacial score (nSPS) is 19.7. The summed E-state index contributed by atoms with van der Waals surface area (Å²) in [5.74, 6) is -0.771. The molecule has 2 rings (SSSR count). The fraction of sp³-hybridized carbons (Fsp3) is 0.588. The largest absolute Gasteiger partial charge is 0.480 e. The molecule has 116 valence electrons. The van der Waals surface area contributed by atoms with Gasteiger partial charge in [-0.2, -0.15) is 0 Å². The number of rotatable bonds is 5. The number of aliphatic carboxylic acids is 1. The Balaban J connectivity index is 2.29. The first-order chi connectivity index (χ1) is 10.1. The maximum Gasteiger partial charge on any atom is 0.328 e. The van der Waals surface area contributed by atoms with Crippen molar-refractivity contribution in [3.8, 4) is 0 Å². The van der Waals surface area contributed by atoms with E-state index in [1.165, 1.54) is 5.56 Å². The number of nitrogens with zero attached hydrogens (tertiary/aromatic N) is 1. The van der Waals surface area contributed by atoms with Crippen molar-refractivity contribution in [1.82, 2.24) is 10.2 Å². The second-order valence-corrected chi connectivity index (χ2v) is 5.91. The van der Waals surface area contributed by atoms with Crippen LogP contribution in [0.25, 0.3) is 0 Å². The first-order valence-electron chi connectivity index (χ1n) is 7.87. The van der Waals surface area contributed by atoms with E-state index in [4.69, 9.17) is 0 Å². The summed E-state index contributed by atoms with van der Waals surface area (Å²) < 4.78 is 0. The summed E-state index contributed by atoms with van der Waals surface area (Å²) in [5.41, 5.74) is 1.19. The van der Waals surface area contributed by atoms with Gasteiger partial charge in [-0.05, 0) is 37.4 Å². The summed E-state index contributed by atoms with van der Waals surface area (Å²) in [6.07, 6.45) is 3.13. The minimum atomic E-state index is -0.948. The van der Waals surface area contributed by atoms with Crippen LogP contribution in [0.5, 0.6) is 0 Å². The molecule has 4 nitrogen and oxygen atoms in total. The van der Waals surface area contributed by atoms with E-state index in [1.807, 2.05) is 19.1 Å². The third kappa shape index (κ3) is 3.44. The Hall–Kier alpha value is -1.39. The number of carboxylic acid groups (broad SMARTS) is 1. The predicted octanol–water partition coefficient (Wildman–Crippen LogP) is 2.23. The first kappa shape index (κ1) is 16.0. The quantitative estimate of drug-likeness (QED) is 0.873. The van der Waals surface area contributed by atoms with E-state index in [1.54, 1.807) is 0 Å². The molecule has 1 aliphatic rings. The van der Waals surface area contributed by atoms with Gasteiger partial charge >= 0.3 is 5.97 Å². The molecular formula is C17H26N2O2. The van der Waals surface area contributed by atoms with Crippen molar-refractivity contribution in [3.05, 3.63) is 35.4 Å². The van der Waals surface area contributed by atoms with Crippen LogP contribution in [0.1, 0.15) is 37.8 Å². The van der Waals surface area contributed by atoms with Crippen LogP contribution in [0.2, 0.25) is 0 Å². The third-order valence-corrected chi connectivity index (χ3v) is 4.44. The average Bonchev–Trinajstić information content (AvgIpc) is 2.76. The number of benzene rings is 1. The Morgan fingerprint density at radius 3 is 2.62 bits per heavy atom. The third-order valence-electron chi connectivity index (χ3n) is 4.44. The Bertz CT molecular complexity index is 464. The van der Waals surface area contributed by atoms with Crippen LogP contribution in [0.4, 0.5) is 0 Å². The van der Waals surface area contributed by atoms with Gasteiger partial charge in [0.15, 0.2) is 0 Å². The Morgan fingerprint density at radius 1 is 1.29 bits per heavy atom. The van der Waals surface area contributed by atoms with Gasteiger partial charge in [-0.15, -0.1) is 0 Å². The van der Waals surface area contributed by atoms with Crippen molar-refractivity contribution in [2.45, 2.75) is 38.6 Å². The van der Waals surface area contributed by atoms with E-state index >= 15 is 0 Å².